The van der Waals surface area contributed by atoms with E-state index in [4.69, 9.17) is 9.47 Å². The first-order valence-electron chi connectivity index (χ1n) is 15.7. The van der Waals surface area contributed by atoms with E-state index in [1.165, 1.54) is 38.5 Å². The van der Waals surface area contributed by atoms with Gasteiger partial charge in [0.1, 0.15) is 12.7 Å². The summed E-state index contributed by atoms with van der Waals surface area (Å²) < 4.78 is 11.7. The molecular formula is C34H54O4. The molecule has 4 heteroatoms. The fraction of sp³-hybridized carbons (Fsp3) is 0.882. The Labute approximate surface area is 232 Å². The van der Waals surface area contributed by atoms with E-state index in [0.29, 0.717) is 30.3 Å². The van der Waals surface area contributed by atoms with Gasteiger partial charge in [-0.05, 0) is 104 Å². The van der Waals surface area contributed by atoms with Gasteiger partial charge in [-0.3, -0.25) is 9.59 Å². The van der Waals surface area contributed by atoms with Crippen molar-refractivity contribution in [3.8, 4) is 0 Å². The molecule has 0 unspecified atom stereocenters. The van der Waals surface area contributed by atoms with Crippen molar-refractivity contribution in [2.45, 2.75) is 133 Å². The molecule has 5 rings (SSSR count). The van der Waals surface area contributed by atoms with Crippen LogP contribution in [0.4, 0.5) is 0 Å². The van der Waals surface area contributed by atoms with Crippen molar-refractivity contribution in [1.82, 2.24) is 0 Å². The Kier molecular flexibility index (Phi) is 6.76. The van der Waals surface area contributed by atoms with Crippen LogP contribution in [-0.2, 0) is 19.1 Å². The Balaban J connectivity index is 1.52. The second kappa shape index (κ2) is 9.10. The van der Waals surface area contributed by atoms with E-state index < -0.39 is 0 Å². The topological polar surface area (TPSA) is 52.6 Å². The second-order valence-corrected chi connectivity index (χ2v) is 15.7. The molecule has 8 atom stereocenters. The van der Waals surface area contributed by atoms with Crippen LogP contribution in [0.3, 0.4) is 0 Å². The lowest BCUT2D eigenvalue weighted by molar-refractivity contribution is -0.233. The van der Waals surface area contributed by atoms with Crippen molar-refractivity contribution < 1.29 is 19.1 Å². The Hall–Kier alpha value is -1.32. The molecule has 4 nitrogen and oxygen atoms in total. The number of allylic oxidation sites excluding steroid dienone is 1. The normalized spacial score (nSPS) is 45.5. The number of ether oxygens (including phenoxy) is 2. The number of hydrogen-bond acceptors (Lipinski definition) is 4. The van der Waals surface area contributed by atoms with E-state index in [0.717, 1.165) is 25.7 Å². The van der Waals surface area contributed by atoms with Crippen molar-refractivity contribution in [3.63, 3.8) is 0 Å². The maximum atomic E-state index is 11.9. The van der Waals surface area contributed by atoms with Crippen molar-refractivity contribution in [2.75, 3.05) is 6.61 Å². The number of fused-ring (bicyclic) bond motifs is 7. The highest BCUT2D eigenvalue weighted by molar-refractivity contribution is 5.66. The number of carbonyl (C=O) groups excluding carboxylic acids is 2. The summed E-state index contributed by atoms with van der Waals surface area (Å²) in [7, 11) is 0. The smallest absolute Gasteiger partial charge is 0.302 e. The highest BCUT2D eigenvalue weighted by Crippen LogP contribution is 2.76. The standard InChI is InChI=1S/C34H54O4/c1-21(2)24-12-17-34(20-37-22(3)35)19-18-32(8)25(29(24)34)10-11-27-31(7)15-14-28(38-23(4)36)30(5,6)26(31)13-16-33(27,32)9/h21,25-28H,10-20H2,1-9H3/t25-,26+,27+,28+,31-,32-,33+,34+/m1/s1. The predicted octanol–water partition coefficient (Wildman–Crippen LogP) is 8.28. The molecule has 0 radical (unpaired) electrons. The molecule has 214 valence electrons. The van der Waals surface area contributed by atoms with Gasteiger partial charge < -0.3 is 9.47 Å². The Morgan fingerprint density at radius 3 is 2.16 bits per heavy atom. The van der Waals surface area contributed by atoms with E-state index in [-0.39, 0.29) is 45.1 Å². The predicted molar refractivity (Wildman–Crippen MR) is 151 cm³/mol. The largest absolute Gasteiger partial charge is 0.465 e. The van der Waals surface area contributed by atoms with Crippen LogP contribution in [0.2, 0.25) is 0 Å². The van der Waals surface area contributed by atoms with E-state index in [2.05, 4.69) is 48.5 Å². The van der Waals surface area contributed by atoms with Gasteiger partial charge in [0.05, 0.1) is 0 Å². The van der Waals surface area contributed by atoms with Gasteiger partial charge in [0.15, 0.2) is 0 Å². The van der Waals surface area contributed by atoms with Gasteiger partial charge in [-0.2, -0.15) is 0 Å². The summed E-state index contributed by atoms with van der Waals surface area (Å²) in [6.45, 7) is 21.1. The maximum absolute atomic E-state index is 11.9. The molecular weight excluding hydrogens is 472 g/mol. The molecule has 0 N–H and O–H groups in total. The first-order valence-corrected chi connectivity index (χ1v) is 15.7. The van der Waals surface area contributed by atoms with Crippen LogP contribution in [0.25, 0.3) is 0 Å². The third-order valence-corrected chi connectivity index (χ3v) is 13.6. The van der Waals surface area contributed by atoms with Gasteiger partial charge >= 0.3 is 11.9 Å². The Morgan fingerprint density at radius 2 is 1.53 bits per heavy atom. The van der Waals surface area contributed by atoms with Gasteiger partial charge in [0, 0.05) is 24.7 Å². The molecule has 0 saturated heterocycles. The third kappa shape index (κ3) is 3.80. The molecule has 5 aliphatic carbocycles. The lowest BCUT2D eigenvalue weighted by Gasteiger charge is -2.72. The van der Waals surface area contributed by atoms with E-state index in [9.17, 15) is 9.59 Å². The molecule has 38 heavy (non-hydrogen) atoms. The number of esters is 2. The van der Waals surface area contributed by atoms with Crippen molar-refractivity contribution in [1.29, 1.82) is 0 Å². The highest BCUT2D eigenvalue weighted by Gasteiger charge is 2.69. The fourth-order valence-corrected chi connectivity index (χ4v) is 11.6. The number of rotatable bonds is 4. The summed E-state index contributed by atoms with van der Waals surface area (Å²) in [5.74, 6) is 2.15. The fourth-order valence-electron chi connectivity index (χ4n) is 11.6. The maximum Gasteiger partial charge on any atom is 0.302 e. The molecule has 5 aliphatic rings. The van der Waals surface area contributed by atoms with Crippen molar-refractivity contribution in [2.24, 2.45) is 50.7 Å². The third-order valence-electron chi connectivity index (χ3n) is 13.6. The highest BCUT2D eigenvalue weighted by atomic mass is 16.5. The minimum Gasteiger partial charge on any atom is -0.465 e. The van der Waals surface area contributed by atoms with Gasteiger partial charge in [-0.25, -0.2) is 0 Å². The van der Waals surface area contributed by atoms with Crippen LogP contribution in [0, 0.1) is 50.7 Å². The molecule has 0 aromatic carbocycles. The minimum absolute atomic E-state index is 0.00228. The zero-order valence-electron chi connectivity index (χ0n) is 25.8. The molecule has 0 spiro atoms. The van der Waals surface area contributed by atoms with Crippen LogP contribution in [-0.4, -0.2) is 24.6 Å². The van der Waals surface area contributed by atoms with Crippen LogP contribution in [0.5, 0.6) is 0 Å². The Bertz CT molecular complexity index is 1020. The summed E-state index contributed by atoms with van der Waals surface area (Å²) >= 11 is 0. The lowest BCUT2D eigenvalue weighted by atomic mass is 9.33. The van der Waals surface area contributed by atoms with E-state index in [1.54, 1.807) is 25.0 Å². The van der Waals surface area contributed by atoms with E-state index >= 15 is 0 Å². The van der Waals surface area contributed by atoms with Crippen LogP contribution in [0.1, 0.15) is 127 Å². The summed E-state index contributed by atoms with van der Waals surface area (Å²) in [6.07, 6.45) is 11.9. The number of carbonyl (C=O) groups is 2. The Morgan fingerprint density at radius 1 is 0.816 bits per heavy atom. The molecule has 4 saturated carbocycles. The van der Waals surface area contributed by atoms with Crippen molar-refractivity contribution >= 4 is 11.9 Å². The van der Waals surface area contributed by atoms with Crippen molar-refractivity contribution in [3.05, 3.63) is 11.1 Å². The molecule has 0 heterocycles. The first kappa shape index (κ1) is 28.2. The summed E-state index contributed by atoms with van der Waals surface area (Å²) in [4.78, 5) is 23.8. The average molecular weight is 527 g/mol. The van der Waals surface area contributed by atoms with Gasteiger partial charge in [-0.1, -0.05) is 59.6 Å². The second-order valence-electron chi connectivity index (χ2n) is 15.7. The zero-order valence-corrected chi connectivity index (χ0v) is 25.8. The molecule has 0 aromatic heterocycles. The molecule has 4 fully saturated rings. The summed E-state index contributed by atoms with van der Waals surface area (Å²) in [6, 6.07) is 0. The summed E-state index contributed by atoms with van der Waals surface area (Å²) in [5.41, 5.74) is 4.29. The first-order chi connectivity index (χ1) is 17.6. The molecule has 0 aliphatic heterocycles. The van der Waals surface area contributed by atoms with Crippen LogP contribution < -0.4 is 0 Å². The monoisotopic (exact) mass is 526 g/mol. The SMILES string of the molecule is CC(=O)OC[C@@]12CCC(C(C)C)=C1[C@H]1CC[C@H]3[C@]4(C)CC[C@H](OC(C)=O)C(C)(C)[C@@H]4CC[C@]3(C)[C@]1(C)CC2. The van der Waals surface area contributed by atoms with E-state index in [1.807, 2.05) is 0 Å². The average Bonchev–Trinajstić information content (AvgIpc) is 3.20. The van der Waals surface area contributed by atoms with Gasteiger partial charge in [-0.15, -0.1) is 0 Å². The van der Waals surface area contributed by atoms with Crippen LogP contribution >= 0.6 is 0 Å². The number of hydrogen-bond donors (Lipinski definition) is 0. The quantitative estimate of drug-likeness (QED) is 0.273. The minimum atomic E-state index is -0.140. The molecule has 0 amide bonds. The molecule has 0 bridgehead atoms. The molecule has 0 aromatic rings. The summed E-state index contributed by atoms with van der Waals surface area (Å²) in [5, 5.41) is 0. The van der Waals surface area contributed by atoms with Crippen LogP contribution in [0.15, 0.2) is 11.1 Å². The lowest BCUT2D eigenvalue weighted by Crippen LogP contribution is -2.66. The zero-order chi connectivity index (χ0) is 27.9. The van der Waals surface area contributed by atoms with Gasteiger partial charge in [0.25, 0.3) is 0 Å². The van der Waals surface area contributed by atoms with Gasteiger partial charge in [0.2, 0.25) is 0 Å².